The number of unbranched alkanes of at least 4 members (excludes halogenated alkanes) is 3. The number of aliphatic carboxylic acids is 1. The van der Waals surface area contributed by atoms with Crippen LogP contribution in [0.4, 0.5) is 0 Å². The van der Waals surface area contributed by atoms with Crippen molar-refractivity contribution in [3.63, 3.8) is 0 Å². The number of rotatable bonds is 28. The highest BCUT2D eigenvalue weighted by atomic mass is 16.4. The van der Waals surface area contributed by atoms with Gasteiger partial charge < -0.3 is 38.0 Å². The first kappa shape index (κ1) is 56.1. The Morgan fingerprint density at radius 3 is 1.20 bits per heavy atom. The molecule has 0 aliphatic rings. The minimum absolute atomic E-state index is 0.0883. The monoisotopic (exact) mass is 908 g/mol. The van der Waals surface area contributed by atoms with E-state index in [9.17, 15) is 29.1 Å². The van der Waals surface area contributed by atoms with Crippen molar-refractivity contribution in [1.29, 1.82) is 0 Å². The van der Waals surface area contributed by atoms with Crippen LogP contribution in [0, 0.1) is 23.7 Å². The largest absolute Gasteiger partial charge is 0.481 e. The molecule has 0 aliphatic heterocycles. The van der Waals surface area contributed by atoms with Gasteiger partial charge in [-0.3, -0.25) is 43.4 Å². The molecule has 7 atom stereocenters. The zero-order chi connectivity index (χ0) is 49.0. The Balaban J connectivity index is 3.00. The number of carbonyl (C=O) groups is 7. The van der Waals surface area contributed by atoms with Crippen LogP contribution < -0.4 is 27.8 Å². The maximum Gasteiger partial charge on any atom is 0.303 e. The number of aliphatic hydroxyl groups is 1. The summed E-state index contributed by atoms with van der Waals surface area (Å²) in [6, 6.07) is 9.53. The number of hydrogen-bond donors (Lipinski definition) is 7. The van der Waals surface area contributed by atoms with Crippen LogP contribution in [0.15, 0.2) is 60.7 Å². The number of carboxylic acids is 1. The summed E-state index contributed by atoms with van der Waals surface area (Å²) in [5.74, 6) is -7.46. The van der Waals surface area contributed by atoms with E-state index >= 15 is 9.59 Å². The smallest absolute Gasteiger partial charge is 0.303 e. The van der Waals surface area contributed by atoms with E-state index in [2.05, 4.69) is 10.6 Å². The molecule has 0 spiro atoms. The molecule has 16 nitrogen and oxygen atoms in total. The molecule has 3 unspecified atom stereocenters. The molecule has 0 saturated carbocycles. The molecule has 0 heterocycles. The molecule has 16 heteroatoms. The van der Waals surface area contributed by atoms with Gasteiger partial charge >= 0.3 is 5.97 Å². The van der Waals surface area contributed by atoms with Crippen LogP contribution in [0.25, 0.3) is 0 Å². The zero-order valence-electron chi connectivity index (χ0n) is 39.8. The quantitative estimate of drug-likeness (QED) is 0.0603. The number of nitrogens with two attached hydrogens (primary N) is 3. The van der Waals surface area contributed by atoms with Crippen molar-refractivity contribution < 1.29 is 43.8 Å². The zero-order valence-corrected chi connectivity index (χ0v) is 39.8. The maximum atomic E-state index is 15.2. The molecule has 65 heavy (non-hydrogen) atoms. The summed E-state index contributed by atoms with van der Waals surface area (Å²) in [5, 5.41) is 27.9. The van der Waals surface area contributed by atoms with E-state index in [1.54, 1.807) is 116 Å². The van der Waals surface area contributed by atoms with Crippen molar-refractivity contribution in [3.05, 3.63) is 71.8 Å². The first-order valence-electron chi connectivity index (χ1n) is 23.2. The Kier molecular flexibility index (Phi) is 24.3. The van der Waals surface area contributed by atoms with Crippen LogP contribution >= 0.6 is 0 Å². The third-order valence-electron chi connectivity index (χ3n) is 11.6. The number of imide groups is 2. The van der Waals surface area contributed by atoms with Crippen molar-refractivity contribution in [3.8, 4) is 0 Å². The molecule has 0 bridgehead atoms. The van der Waals surface area contributed by atoms with Crippen LogP contribution in [0.1, 0.15) is 118 Å². The Labute approximate surface area is 385 Å². The molecule has 2 rings (SSSR count). The number of benzene rings is 2. The van der Waals surface area contributed by atoms with E-state index in [0.29, 0.717) is 30.5 Å². The molecule has 0 saturated heterocycles. The van der Waals surface area contributed by atoms with Gasteiger partial charge in [0.25, 0.3) is 11.8 Å². The third kappa shape index (κ3) is 17.7. The SMILES string of the molecule is CC(C)[C@H](N)C(=O)N(C(=O)[C@@H](NC(=O)CCCCCN)C(C)C)C(Cc1ccccc1)C(O)C(Cc1ccccc1)N(C(=O)[C@@H](N)C(C)C)C(=O)[C@@H](NC(=O)CCCCC(=O)O)C(C)C. The molecule has 0 aliphatic carbocycles. The summed E-state index contributed by atoms with van der Waals surface area (Å²) >= 11 is 0. The van der Waals surface area contributed by atoms with E-state index in [1.807, 2.05) is 0 Å². The normalized spacial score (nSPS) is 14.8. The molecule has 0 fully saturated rings. The van der Waals surface area contributed by atoms with Crippen LogP contribution in [0.5, 0.6) is 0 Å². The topological polar surface area (TPSA) is 269 Å². The van der Waals surface area contributed by atoms with Gasteiger partial charge in [-0.15, -0.1) is 0 Å². The second-order valence-corrected chi connectivity index (χ2v) is 18.4. The Morgan fingerprint density at radius 2 is 0.877 bits per heavy atom. The summed E-state index contributed by atoms with van der Waals surface area (Å²) < 4.78 is 0. The molecular weight excluding hydrogens is 831 g/mol. The average Bonchev–Trinajstić information content (AvgIpc) is 3.26. The van der Waals surface area contributed by atoms with Crippen molar-refractivity contribution >= 4 is 41.4 Å². The van der Waals surface area contributed by atoms with Gasteiger partial charge in [-0.25, -0.2) is 0 Å². The second kappa shape index (κ2) is 28.1. The van der Waals surface area contributed by atoms with Gasteiger partial charge in [-0.2, -0.15) is 0 Å². The van der Waals surface area contributed by atoms with Crippen LogP contribution in [0.3, 0.4) is 0 Å². The van der Waals surface area contributed by atoms with Crippen LogP contribution in [-0.2, 0) is 46.4 Å². The van der Waals surface area contributed by atoms with Gasteiger partial charge in [0, 0.05) is 19.3 Å². The molecule has 10 N–H and O–H groups in total. The lowest BCUT2D eigenvalue weighted by atomic mass is 9.87. The molecule has 0 radical (unpaired) electrons. The first-order chi connectivity index (χ1) is 30.6. The van der Waals surface area contributed by atoms with Gasteiger partial charge in [0.05, 0.1) is 30.3 Å². The number of carbonyl (C=O) groups excluding carboxylic acids is 6. The van der Waals surface area contributed by atoms with E-state index in [1.165, 1.54) is 0 Å². The second-order valence-electron chi connectivity index (χ2n) is 18.4. The molecule has 2 aromatic rings. The van der Waals surface area contributed by atoms with Crippen molar-refractivity contribution in [2.75, 3.05) is 6.54 Å². The molecule has 2 aromatic carbocycles. The third-order valence-corrected chi connectivity index (χ3v) is 11.6. The Hall–Kier alpha value is -5.03. The summed E-state index contributed by atoms with van der Waals surface area (Å²) in [4.78, 5) is 100.0. The molecular formula is C49H77N7O9. The Bertz CT molecular complexity index is 1830. The van der Waals surface area contributed by atoms with E-state index in [0.717, 1.165) is 16.2 Å². The average molecular weight is 908 g/mol. The highest BCUT2D eigenvalue weighted by molar-refractivity contribution is 6.03. The number of nitrogens with zero attached hydrogens (tertiary/aromatic N) is 2. The van der Waals surface area contributed by atoms with Crippen LogP contribution in [0.2, 0.25) is 0 Å². The van der Waals surface area contributed by atoms with Crippen molar-refractivity contribution in [1.82, 2.24) is 20.4 Å². The predicted molar refractivity (Wildman–Crippen MR) is 250 cm³/mol. The number of carboxylic acid groups (broad SMARTS) is 1. The number of hydrogen-bond acceptors (Lipinski definition) is 11. The fraction of sp³-hybridized carbons (Fsp3) is 0.612. The number of aliphatic hydroxyl groups excluding tert-OH is 1. The lowest BCUT2D eigenvalue weighted by Gasteiger charge is -2.44. The highest BCUT2D eigenvalue weighted by Gasteiger charge is 2.48. The number of nitrogens with one attached hydrogen (secondary N) is 2. The fourth-order valence-electron chi connectivity index (χ4n) is 7.45. The van der Waals surface area contributed by atoms with Gasteiger partial charge in [-0.05, 0) is 79.9 Å². The highest BCUT2D eigenvalue weighted by Crippen LogP contribution is 2.27. The lowest BCUT2D eigenvalue weighted by Crippen LogP contribution is -2.68. The van der Waals surface area contributed by atoms with E-state index < -0.39 is 107 Å². The minimum Gasteiger partial charge on any atom is -0.481 e. The minimum atomic E-state index is -1.87. The Morgan fingerprint density at radius 1 is 0.523 bits per heavy atom. The van der Waals surface area contributed by atoms with Gasteiger partial charge in [0.1, 0.15) is 12.1 Å². The molecule has 362 valence electrons. The van der Waals surface area contributed by atoms with Crippen LogP contribution in [-0.4, -0.2) is 110 Å². The summed E-state index contributed by atoms with van der Waals surface area (Å²) in [6.45, 7) is 14.1. The maximum absolute atomic E-state index is 15.2. The van der Waals surface area contributed by atoms with E-state index in [4.69, 9.17) is 22.3 Å². The summed E-state index contributed by atoms with van der Waals surface area (Å²) in [5.41, 5.74) is 20.0. The lowest BCUT2D eigenvalue weighted by molar-refractivity contribution is -0.161. The standard InChI is InChI=1S/C49H77N7O9/c1-30(2)41(51)46(62)55(48(64)43(32(5)6)53-38(57)24-16-11-19-27-50)36(28-34-20-12-9-13-21-34)45(61)37(29-35-22-14-10-15-23-35)56(47(63)42(52)31(3)4)49(65)44(33(7)8)54-39(58)25-17-18-26-40(59)60/h9-10,12-15,20-23,30-33,36-37,41-45,61H,11,16-19,24-29,50-52H2,1-8H3,(H,53,57)(H,54,58)(H,59,60)/t36?,37?,41-,42-,43-,44-,45?/m0/s1. The van der Waals surface area contributed by atoms with Gasteiger partial charge in [0.15, 0.2) is 0 Å². The summed E-state index contributed by atoms with van der Waals surface area (Å²) in [6.07, 6.45) is 0.118. The molecule has 0 aromatic heterocycles. The summed E-state index contributed by atoms with van der Waals surface area (Å²) in [7, 11) is 0. The van der Waals surface area contributed by atoms with Gasteiger partial charge in [0.2, 0.25) is 23.6 Å². The first-order valence-corrected chi connectivity index (χ1v) is 23.2. The van der Waals surface area contributed by atoms with Crippen molar-refractivity contribution in [2.24, 2.45) is 40.9 Å². The fourth-order valence-corrected chi connectivity index (χ4v) is 7.45. The number of amides is 6. The molecule has 6 amide bonds. The predicted octanol–water partition coefficient (Wildman–Crippen LogP) is 3.69. The van der Waals surface area contributed by atoms with Gasteiger partial charge in [-0.1, -0.05) is 122 Å². The van der Waals surface area contributed by atoms with E-state index in [-0.39, 0.29) is 44.9 Å². The van der Waals surface area contributed by atoms with Crippen molar-refractivity contribution in [2.45, 2.75) is 162 Å².